The molecule has 0 unspecified atom stereocenters. The van der Waals surface area contributed by atoms with Gasteiger partial charge in [0.25, 0.3) is 0 Å². The maximum atomic E-state index is 5.93. The zero-order valence-corrected chi connectivity index (χ0v) is 12.4. The first-order valence-corrected chi connectivity index (χ1v) is 6.74. The SMILES string of the molecule is CCC(CC)(OC)c1nc(N)cc(-c2cnn(C)c2)n1. The second-order valence-electron chi connectivity index (χ2n) is 4.81. The maximum Gasteiger partial charge on any atom is 0.163 e. The van der Waals surface area contributed by atoms with Crippen LogP contribution in [-0.2, 0) is 17.4 Å². The van der Waals surface area contributed by atoms with Gasteiger partial charge in [0, 0.05) is 32.0 Å². The van der Waals surface area contributed by atoms with Crippen LogP contribution in [0.3, 0.4) is 0 Å². The standard InChI is InChI=1S/C14H21N5O/c1-5-14(6-2,20-4)13-17-11(7-12(15)18-13)10-8-16-19(3)9-10/h7-9H,5-6H2,1-4H3,(H2,15,17,18). The molecule has 0 spiro atoms. The number of ether oxygens (including phenoxy) is 1. The van der Waals surface area contributed by atoms with Gasteiger partial charge in [0.05, 0.1) is 11.9 Å². The van der Waals surface area contributed by atoms with Crippen LogP contribution < -0.4 is 5.73 Å². The van der Waals surface area contributed by atoms with Crippen LogP contribution in [0.2, 0.25) is 0 Å². The van der Waals surface area contributed by atoms with Crippen molar-refractivity contribution in [2.45, 2.75) is 32.3 Å². The van der Waals surface area contributed by atoms with Crippen LogP contribution in [0.15, 0.2) is 18.5 Å². The van der Waals surface area contributed by atoms with Crippen LogP contribution in [-0.4, -0.2) is 26.9 Å². The molecule has 0 aliphatic carbocycles. The molecule has 2 aromatic heterocycles. The molecule has 0 bridgehead atoms. The summed E-state index contributed by atoms with van der Waals surface area (Å²) in [6.45, 7) is 4.12. The molecule has 108 valence electrons. The largest absolute Gasteiger partial charge is 0.384 e. The van der Waals surface area contributed by atoms with Crippen LogP contribution in [0.5, 0.6) is 0 Å². The number of nitrogen functional groups attached to an aromatic ring is 1. The fourth-order valence-electron chi connectivity index (χ4n) is 2.32. The molecule has 0 aliphatic heterocycles. The Hall–Kier alpha value is -1.95. The van der Waals surface area contributed by atoms with E-state index < -0.39 is 5.60 Å². The first-order valence-electron chi connectivity index (χ1n) is 6.74. The zero-order chi connectivity index (χ0) is 14.8. The summed E-state index contributed by atoms with van der Waals surface area (Å²) >= 11 is 0. The Kier molecular flexibility index (Phi) is 4.04. The van der Waals surface area contributed by atoms with E-state index in [1.54, 1.807) is 24.1 Å². The number of methoxy groups -OCH3 is 1. The molecule has 0 aromatic carbocycles. The molecule has 6 heteroatoms. The first-order chi connectivity index (χ1) is 9.54. The highest BCUT2D eigenvalue weighted by molar-refractivity contribution is 5.60. The average molecular weight is 275 g/mol. The molecule has 2 aromatic rings. The molecule has 2 rings (SSSR count). The predicted octanol–water partition coefficient (Wildman–Crippen LogP) is 2.12. The van der Waals surface area contributed by atoms with E-state index in [0.717, 1.165) is 24.1 Å². The lowest BCUT2D eigenvalue weighted by molar-refractivity contribution is -0.0289. The molecule has 0 atom stereocenters. The molecule has 2 N–H and O–H groups in total. The van der Waals surface area contributed by atoms with Gasteiger partial charge < -0.3 is 10.5 Å². The smallest absolute Gasteiger partial charge is 0.163 e. The number of hydrogen-bond donors (Lipinski definition) is 1. The normalized spacial score (nSPS) is 11.8. The molecular formula is C14H21N5O. The van der Waals surface area contributed by atoms with Crippen molar-refractivity contribution in [2.24, 2.45) is 7.05 Å². The quantitative estimate of drug-likeness (QED) is 0.904. The van der Waals surface area contributed by atoms with Crippen molar-refractivity contribution < 1.29 is 4.74 Å². The fourth-order valence-corrected chi connectivity index (χ4v) is 2.32. The number of rotatable bonds is 5. The molecule has 0 radical (unpaired) electrons. The van der Waals surface area contributed by atoms with Crippen LogP contribution >= 0.6 is 0 Å². The number of anilines is 1. The van der Waals surface area contributed by atoms with Crippen LogP contribution in [0, 0.1) is 0 Å². The third-order valence-electron chi connectivity index (χ3n) is 3.69. The lowest BCUT2D eigenvalue weighted by Gasteiger charge is -2.28. The van der Waals surface area contributed by atoms with Gasteiger partial charge in [-0.1, -0.05) is 13.8 Å². The number of nitrogens with zero attached hydrogens (tertiary/aromatic N) is 4. The van der Waals surface area contributed by atoms with Gasteiger partial charge in [0.15, 0.2) is 5.82 Å². The van der Waals surface area contributed by atoms with Gasteiger partial charge >= 0.3 is 0 Å². The van der Waals surface area contributed by atoms with Crippen molar-refractivity contribution in [1.29, 1.82) is 0 Å². The number of hydrogen-bond acceptors (Lipinski definition) is 5. The minimum Gasteiger partial charge on any atom is -0.384 e. The molecule has 0 saturated heterocycles. The Morgan fingerprint density at radius 2 is 2.00 bits per heavy atom. The number of aryl methyl sites for hydroxylation is 1. The monoisotopic (exact) mass is 275 g/mol. The van der Waals surface area contributed by atoms with E-state index in [0.29, 0.717) is 11.6 Å². The Bertz CT molecular complexity index is 581. The second kappa shape index (κ2) is 5.58. The van der Waals surface area contributed by atoms with E-state index in [9.17, 15) is 0 Å². The van der Waals surface area contributed by atoms with Crippen LogP contribution in [0.25, 0.3) is 11.3 Å². The highest BCUT2D eigenvalue weighted by atomic mass is 16.5. The summed E-state index contributed by atoms with van der Waals surface area (Å²) in [5, 5.41) is 4.16. The summed E-state index contributed by atoms with van der Waals surface area (Å²) in [7, 11) is 3.55. The van der Waals surface area contributed by atoms with Gasteiger partial charge in [0.1, 0.15) is 11.4 Å². The van der Waals surface area contributed by atoms with Gasteiger partial charge in [-0.3, -0.25) is 4.68 Å². The highest BCUT2D eigenvalue weighted by Gasteiger charge is 2.32. The molecule has 6 nitrogen and oxygen atoms in total. The minimum absolute atomic E-state index is 0.442. The molecular weight excluding hydrogens is 254 g/mol. The van der Waals surface area contributed by atoms with Gasteiger partial charge in [-0.2, -0.15) is 5.10 Å². The maximum absolute atomic E-state index is 5.93. The van der Waals surface area contributed by atoms with Gasteiger partial charge in [0.2, 0.25) is 0 Å². The molecule has 0 fully saturated rings. The number of nitrogens with two attached hydrogens (primary N) is 1. The third-order valence-corrected chi connectivity index (χ3v) is 3.69. The van der Waals surface area contributed by atoms with E-state index in [2.05, 4.69) is 28.9 Å². The van der Waals surface area contributed by atoms with Gasteiger partial charge in [-0.15, -0.1) is 0 Å². The molecule has 0 saturated carbocycles. The van der Waals surface area contributed by atoms with Crippen molar-refractivity contribution in [1.82, 2.24) is 19.7 Å². The van der Waals surface area contributed by atoms with Crippen molar-refractivity contribution in [3.8, 4) is 11.3 Å². The van der Waals surface area contributed by atoms with Crippen molar-refractivity contribution >= 4 is 5.82 Å². The van der Waals surface area contributed by atoms with E-state index in [4.69, 9.17) is 10.5 Å². The topological polar surface area (TPSA) is 78.9 Å². The first kappa shape index (κ1) is 14.5. The fraction of sp³-hybridized carbons (Fsp3) is 0.500. The van der Waals surface area contributed by atoms with Crippen LogP contribution in [0.1, 0.15) is 32.5 Å². The summed E-state index contributed by atoms with van der Waals surface area (Å²) in [5.74, 6) is 1.07. The Morgan fingerprint density at radius 1 is 1.30 bits per heavy atom. The van der Waals surface area contributed by atoms with Crippen LogP contribution in [0.4, 0.5) is 5.82 Å². The van der Waals surface area contributed by atoms with E-state index in [-0.39, 0.29) is 0 Å². The predicted molar refractivity (Wildman–Crippen MR) is 77.9 cm³/mol. The Morgan fingerprint density at radius 3 is 2.50 bits per heavy atom. The number of aromatic nitrogens is 4. The minimum atomic E-state index is -0.494. The molecule has 2 heterocycles. The second-order valence-corrected chi connectivity index (χ2v) is 4.81. The molecule has 20 heavy (non-hydrogen) atoms. The highest BCUT2D eigenvalue weighted by Crippen LogP contribution is 2.31. The van der Waals surface area contributed by atoms with Gasteiger partial charge in [-0.05, 0) is 12.8 Å². The Labute approximate surface area is 119 Å². The Balaban J connectivity index is 2.53. The third kappa shape index (κ3) is 2.51. The average Bonchev–Trinajstić information content (AvgIpc) is 2.88. The summed E-state index contributed by atoms with van der Waals surface area (Å²) in [6, 6.07) is 1.76. The van der Waals surface area contributed by atoms with E-state index >= 15 is 0 Å². The van der Waals surface area contributed by atoms with E-state index in [1.165, 1.54) is 0 Å². The summed E-state index contributed by atoms with van der Waals surface area (Å²) in [4.78, 5) is 9.00. The summed E-state index contributed by atoms with van der Waals surface area (Å²) in [6.07, 6.45) is 5.24. The van der Waals surface area contributed by atoms with Crippen molar-refractivity contribution in [3.63, 3.8) is 0 Å². The van der Waals surface area contributed by atoms with Crippen molar-refractivity contribution in [3.05, 3.63) is 24.3 Å². The molecule has 0 aliphatic rings. The zero-order valence-electron chi connectivity index (χ0n) is 12.4. The van der Waals surface area contributed by atoms with E-state index in [1.807, 2.05) is 13.2 Å². The lowest BCUT2D eigenvalue weighted by Crippen LogP contribution is -2.29. The molecule has 0 amide bonds. The lowest BCUT2D eigenvalue weighted by atomic mass is 9.95. The summed E-state index contributed by atoms with van der Waals surface area (Å²) in [5.41, 5.74) is 7.12. The van der Waals surface area contributed by atoms with Gasteiger partial charge in [-0.25, -0.2) is 9.97 Å². The summed E-state index contributed by atoms with van der Waals surface area (Å²) < 4.78 is 7.40. The van der Waals surface area contributed by atoms with Crippen molar-refractivity contribution in [2.75, 3.05) is 12.8 Å².